The topological polar surface area (TPSA) is 86.8 Å². The van der Waals surface area contributed by atoms with E-state index in [2.05, 4.69) is 25.5 Å². The number of H-pyrrole nitrogens is 1. The van der Waals surface area contributed by atoms with Gasteiger partial charge in [-0.1, -0.05) is 0 Å². The van der Waals surface area contributed by atoms with E-state index in [-0.39, 0.29) is 5.91 Å². The Balaban J connectivity index is 1.53. The van der Waals surface area contributed by atoms with E-state index in [0.717, 1.165) is 24.1 Å². The highest BCUT2D eigenvalue weighted by atomic mass is 16.2. The number of aromatic nitrogens is 4. The zero-order chi connectivity index (χ0) is 16.9. The molecule has 0 radical (unpaired) electrons. The molecule has 0 unspecified atom stereocenters. The van der Waals surface area contributed by atoms with Crippen molar-refractivity contribution in [2.75, 3.05) is 19.4 Å². The van der Waals surface area contributed by atoms with E-state index >= 15 is 0 Å². The van der Waals surface area contributed by atoms with Gasteiger partial charge < -0.3 is 10.2 Å². The minimum absolute atomic E-state index is 0.111. The quantitative estimate of drug-likeness (QED) is 0.843. The Bertz CT molecular complexity index is 694. The Morgan fingerprint density at radius 2 is 2.04 bits per heavy atom. The third-order valence-electron chi connectivity index (χ3n) is 4.49. The number of carbonyl (C=O) groups is 1. The van der Waals surface area contributed by atoms with E-state index in [1.54, 1.807) is 24.3 Å². The van der Waals surface area contributed by atoms with Gasteiger partial charge >= 0.3 is 0 Å². The van der Waals surface area contributed by atoms with Crippen molar-refractivity contribution in [1.29, 1.82) is 0 Å². The van der Waals surface area contributed by atoms with Gasteiger partial charge in [0.25, 0.3) is 0 Å². The second-order valence-electron chi connectivity index (χ2n) is 6.25. The summed E-state index contributed by atoms with van der Waals surface area (Å²) in [5, 5.41) is 10.4. The van der Waals surface area contributed by atoms with Crippen molar-refractivity contribution in [1.82, 2.24) is 25.1 Å². The largest absolute Gasteiger partial charge is 0.357 e. The molecule has 7 nitrogen and oxygen atoms in total. The zero-order valence-corrected chi connectivity index (χ0v) is 14.3. The highest BCUT2D eigenvalue weighted by molar-refractivity contribution is 5.76. The molecule has 0 bridgehead atoms. The van der Waals surface area contributed by atoms with Crippen LogP contribution >= 0.6 is 0 Å². The zero-order valence-electron chi connectivity index (χ0n) is 14.3. The number of nitrogens with one attached hydrogen (secondary N) is 2. The molecule has 128 valence electrons. The van der Waals surface area contributed by atoms with Crippen molar-refractivity contribution in [3.8, 4) is 0 Å². The van der Waals surface area contributed by atoms with E-state index in [1.165, 1.54) is 24.1 Å². The molecule has 7 heteroatoms. The Kier molecular flexibility index (Phi) is 5.08. The van der Waals surface area contributed by atoms with Crippen LogP contribution in [0.1, 0.15) is 41.8 Å². The number of carbonyl (C=O) groups excluding carboxylic acids is 1. The molecule has 2 heterocycles. The SMILES string of the molecule is CNc1ncc(CN(C)C(=O)CCc2n[nH]c3c2CCCC3)cn1. The second-order valence-corrected chi connectivity index (χ2v) is 6.25. The summed E-state index contributed by atoms with van der Waals surface area (Å²) in [5.41, 5.74) is 4.58. The number of fused-ring (bicyclic) bond motifs is 1. The normalized spacial score (nSPS) is 13.4. The maximum atomic E-state index is 12.4. The summed E-state index contributed by atoms with van der Waals surface area (Å²) in [5.74, 6) is 0.691. The number of aryl methyl sites for hydroxylation is 2. The molecule has 0 aromatic carbocycles. The third kappa shape index (κ3) is 3.72. The summed E-state index contributed by atoms with van der Waals surface area (Å²) in [7, 11) is 3.59. The fraction of sp³-hybridized carbons (Fsp3) is 0.529. The molecule has 3 rings (SSSR count). The number of rotatable bonds is 6. The Morgan fingerprint density at radius 1 is 1.29 bits per heavy atom. The van der Waals surface area contributed by atoms with Crippen LogP contribution in [0.25, 0.3) is 0 Å². The van der Waals surface area contributed by atoms with Crippen LogP contribution in [-0.2, 0) is 30.6 Å². The van der Waals surface area contributed by atoms with Crippen LogP contribution in [0.5, 0.6) is 0 Å². The highest BCUT2D eigenvalue weighted by Gasteiger charge is 2.18. The molecule has 0 spiro atoms. The standard InChI is InChI=1S/C17H24N6O/c1-18-17-19-9-12(10-20-17)11-23(2)16(24)8-7-15-13-5-3-4-6-14(13)21-22-15/h9-10H,3-8,11H2,1-2H3,(H,21,22)(H,18,19,20). The van der Waals surface area contributed by atoms with Crippen LogP contribution in [0.15, 0.2) is 12.4 Å². The van der Waals surface area contributed by atoms with Crippen molar-refractivity contribution in [2.45, 2.75) is 45.1 Å². The molecular weight excluding hydrogens is 304 g/mol. The first-order valence-electron chi connectivity index (χ1n) is 8.45. The summed E-state index contributed by atoms with van der Waals surface area (Å²) < 4.78 is 0. The van der Waals surface area contributed by atoms with Gasteiger partial charge in [-0.3, -0.25) is 9.89 Å². The summed E-state index contributed by atoms with van der Waals surface area (Å²) in [4.78, 5) is 22.4. The van der Waals surface area contributed by atoms with Crippen LogP contribution in [0.2, 0.25) is 0 Å². The third-order valence-corrected chi connectivity index (χ3v) is 4.49. The number of anilines is 1. The van der Waals surface area contributed by atoms with Gasteiger partial charge in [0.2, 0.25) is 11.9 Å². The number of hydrogen-bond donors (Lipinski definition) is 2. The summed E-state index contributed by atoms with van der Waals surface area (Å²) in [6.45, 7) is 0.515. The lowest BCUT2D eigenvalue weighted by atomic mass is 9.94. The van der Waals surface area contributed by atoms with Crippen LogP contribution < -0.4 is 5.32 Å². The molecule has 24 heavy (non-hydrogen) atoms. The van der Waals surface area contributed by atoms with Crippen LogP contribution in [0.3, 0.4) is 0 Å². The second kappa shape index (κ2) is 7.42. The van der Waals surface area contributed by atoms with E-state index in [9.17, 15) is 4.79 Å². The summed E-state index contributed by atoms with van der Waals surface area (Å²) >= 11 is 0. The number of aromatic amines is 1. The average molecular weight is 328 g/mol. The molecule has 2 N–H and O–H groups in total. The first-order chi connectivity index (χ1) is 11.7. The minimum Gasteiger partial charge on any atom is -0.357 e. The average Bonchev–Trinajstić information content (AvgIpc) is 3.03. The molecule has 0 atom stereocenters. The molecule has 1 aliphatic carbocycles. The van der Waals surface area contributed by atoms with Gasteiger partial charge in [-0.25, -0.2) is 9.97 Å². The van der Waals surface area contributed by atoms with E-state index in [1.807, 2.05) is 7.05 Å². The molecule has 0 aliphatic heterocycles. The monoisotopic (exact) mass is 328 g/mol. The Morgan fingerprint density at radius 3 is 2.79 bits per heavy atom. The van der Waals surface area contributed by atoms with E-state index < -0.39 is 0 Å². The van der Waals surface area contributed by atoms with Crippen molar-refractivity contribution in [3.63, 3.8) is 0 Å². The predicted octanol–water partition coefficient (Wildman–Crippen LogP) is 1.71. The Hall–Kier alpha value is -2.44. The molecule has 0 saturated heterocycles. The van der Waals surface area contributed by atoms with E-state index in [4.69, 9.17) is 0 Å². The van der Waals surface area contributed by atoms with Crippen LogP contribution in [0.4, 0.5) is 5.95 Å². The Labute approximate surface area is 141 Å². The van der Waals surface area contributed by atoms with Gasteiger partial charge in [-0.15, -0.1) is 0 Å². The van der Waals surface area contributed by atoms with Gasteiger partial charge in [0.05, 0.1) is 5.69 Å². The fourth-order valence-corrected chi connectivity index (χ4v) is 3.10. The number of amides is 1. The van der Waals surface area contributed by atoms with Crippen molar-refractivity contribution in [2.24, 2.45) is 0 Å². The van der Waals surface area contributed by atoms with Gasteiger partial charge in [0, 0.05) is 57.1 Å². The van der Waals surface area contributed by atoms with Crippen molar-refractivity contribution < 1.29 is 4.79 Å². The van der Waals surface area contributed by atoms with Crippen LogP contribution in [-0.4, -0.2) is 45.1 Å². The minimum atomic E-state index is 0.111. The van der Waals surface area contributed by atoms with Crippen molar-refractivity contribution >= 4 is 11.9 Å². The molecule has 2 aromatic rings. The van der Waals surface area contributed by atoms with Crippen molar-refractivity contribution in [3.05, 3.63) is 34.9 Å². The molecule has 2 aromatic heterocycles. The molecular formula is C17H24N6O. The lowest BCUT2D eigenvalue weighted by Crippen LogP contribution is -2.26. The first-order valence-corrected chi connectivity index (χ1v) is 8.45. The van der Waals surface area contributed by atoms with Gasteiger partial charge in [0.1, 0.15) is 0 Å². The number of hydrogen-bond acceptors (Lipinski definition) is 5. The van der Waals surface area contributed by atoms with Gasteiger partial charge in [-0.05, 0) is 31.2 Å². The van der Waals surface area contributed by atoms with Crippen LogP contribution in [0, 0.1) is 0 Å². The molecule has 1 amide bonds. The fourth-order valence-electron chi connectivity index (χ4n) is 3.10. The predicted molar refractivity (Wildman–Crippen MR) is 91.6 cm³/mol. The van der Waals surface area contributed by atoms with Gasteiger partial charge in [-0.2, -0.15) is 5.10 Å². The highest BCUT2D eigenvalue weighted by Crippen LogP contribution is 2.23. The maximum absolute atomic E-state index is 12.4. The van der Waals surface area contributed by atoms with Gasteiger partial charge in [0.15, 0.2) is 0 Å². The lowest BCUT2D eigenvalue weighted by Gasteiger charge is -2.17. The lowest BCUT2D eigenvalue weighted by molar-refractivity contribution is -0.130. The summed E-state index contributed by atoms with van der Waals surface area (Å²) in [6, 6.07) is 0. The molecule has 0 fully saturated rings. The maximum Gasteiger partial charge on any atom is 0.223 e. The number of nitrogens with zero attached hydrogens (tertiary/aromatic N) is 4. The molecule has 0 saturated carbocycles. The molecule has 1 aliphatic rings. The van der Waals surface area contributed by atoms with E-state index in [0.29, 0.717) is 25.3 Å². The summed E-state index contributed by atoms with van der Waals surface area (Å²) in [6.07, 6.45) is 9.27. The first kappa shape index (κ1) is 16.4. The smallest absolute Gasteiger partial charge is 0.223 e.